The number of hydrogen-bond donors (Lipinski definition) is 3. The summed E-state index contributed by atoms with van der Waals surface area (Å²) in [4.78, 5) is 29.0. The van der Waals surface area contributed by atoms with Gasteiger partial charge in [-0.1, -0.05) is 18.9 Å². The quantitative estimate of drug-likeness (QED) is 0.293. The number of hydrogen-bond acceptors (Lipinski definition) is 8. The molecule has 10 heteroatoms. The summed E-state index contributed by atoms with van der Waals surface area (Å²) in [5.41, 5.74) is 2.47. The number of fused-ring (bicyclic) bond motifs is 3. The molecule has 0 bridgehead atoms. The van der Waals surface area contributed by atoms with Gasteiger partial charge in [0.2, 0.25) is 5.91 Å². The Kier molecular flexibility index (Phi) is 8.00. The van der Waals surface area contributed by atoms with Crippen LogP contribution < -0.4 is 20.1 Å². The monoisotopic (exact) mass is 550 g/mol. The van der Waals surface area contributed by atoms with E-state index in [9.17, 15) is 14.7 Å². The van der Waals surface area contributed by atoms with Crippen LogP contribution in [0.5, 0.6) is 11.5 Å². The van der Waals surface area contributed by atoms with Gasteiger partial charge in [-0.25, -0.2) is 9.78 Å². The molecule has 1 aromatic carbocycles. The van der Waals surface area contributed by atoms with Gasteiger partial charge in [0.1, 0.15) is 18.5 Å². The van der Waals surface area contributed by atoms with Crippen LogP contribution >= 0.6 is 0 Å². The van der Waals surface area contributed by atoms with E-state index in [-0.39, 0.29) is 24.7 Å². The number of aromatic nitrogens is 2. The first-order valence-electron chi connectivity index (χ1n) is 14.0. The lowest BCUT2D eigenvalue weighted by molar-refractivity contribution is -0.145. The van der Waals surface area contributed by atoms with Gasteiger partial charge in [0.05, 0.1) is 12.0 Å². The lowest BCUT2D eigenvalue weighted by Gasteiger charge is -2.28. The number of nitrogens with zero attached hydrogens (tertiary/aromatic N) is 2. The van der Waals surface area contributed by atoms with E-state index in [1.807, 2.05) is 34.9 Å². The van der Waals surface area contributed by atoms with Crippen molar-refractivity contribution in [2.45, 2.75) is 69.9 Å². The summed E-state index contributed by atoms with van der Waals surface area (Å²) in [6.07, 6.45) is 7.28. The molecule has 1 aliphatic carbocycles. The number of rotatable bonds is 12. The fraction of sp³-hybridized carbons (Fsp3) is 0.500. The van der Waals surface area contributed by atoms with Gasteiger partial charge in [0, 0.05) is 47.8 Å². The number of carbonyl (C=O) groups excluding carboxylic acids is 2. The molecule has 1 aliphatic heterocycles. The number of pyridine rings is 1. The highest BCUT2D eigenvalue weighted by molar-refractivity contribution is 6.07. The van der Waals surface area contributed by atoms with E-state index in [1.54, 1.807) is 19.2 Å². The molecule has 2 aromatic heterocycles. The van der Waals surface area contributed by atoms with Gasteiger partial charge in [-0.05, 0) is 57.9 Å². The molecule has 1 spiro atoms. The molecule has 0 radical (unpaired) electrons. The molecule has 1 fully saturated rings. The van der Waals surface area contributed by atoms with Crippen molar-refractivity contribution >= 4 is 23.2 Å². The fourth-order valence-corrected chi connectivity index (χ4v) is 5.83. The summed E-state index contributed by atoms with van der Waals surface area (Å²) in [5.74, 6) is 0.806. The van der Waals surface area contributed by atoms with Gasteiger partial charge >= 0.3 is 5.97 Å². The molecular formula is C30H38N4O6. The summed E-state index contributed by atoms with van der Waals surface area (Å²) in [5, 5.41) is 17.2. The van der Waals surface area contributed by atoms with Gasteiger partial charge in [-0.15, -0.1) is 0 Å². The topological polar surface area (TPSA) is 123 Å². The Hall–Kier alpha value is -3.63. The number of esters is 1. The molecular weight excluding hydrogens is 512 g/mol. The molecule has 40 heavy (non-hydrogen) atoms. The maximum Gasteiger partial charge on any atom is 0.344 e. The lowest BCUT2D eigenvalue weighted by Crippen LogP contribution is -2.46. The minimum absolute atomic E-state index is 0.0603. The molecule has 1 saturated carbocycles. The normalized spacial score (nSPS) is 16.6. The third kappa shape index (κ3) is 5.64. The van der Waals surface area contributed by atoms with Crippen molar-refractivity contribution in [2.24, 2.45) is 0 Å². The third-order valence-electron chi connectivity index (χ3n) is 7.74. The highest BCUT2D eigenvalue weighted by Crippen LogP contribution is 2.52. The average Bonchev–Trinajstić information content (AvgIpc) is 3.65. The zero-order valence-electron chi connectivity index (χ0n) is 23.4. The van der Waals surface area contributed by atoms with Crippen molar-refractivity contribution in [3.05, 3.63) is 54.0 Å². The smallest absolute Gasteiger partial charge is 0.344 e. The largest absolute Gasteiger partial charge is 0.490 e. The van der Waals surface area contributed by atoms with E-state index in [4.69, 9.17) is 14.2 Å². The fourth-order valence-electron chi connectivity index (χ4n) is 5.83. The SMILES string of the molecule is CCOC(=O)COc1cccn2c(CC(C)(C)NC[C@H](O)COc3cccc4c3C3(CCCC3)C(=O)N4)cnc12. The number of imidazole rings is 1. The van der Waals surface area contributed by atoms with Crippen LogP contribution in [-0.2, 0) is 26.2 Å². The first-order valence-corrected chi connectivity index (χ1v) is 14.0. The Morgan fingerprint density at radius 3 is 2.75 bits per heavy atom. The molecule has 5 rings (SSSR count). The number of carbonyl (C=O) groups is 2. The molecule has 10 nitrogen and oxygen atoms in total. The Morgan fingerprint density at radius 1 is 1.20 bits per heavy atom. The molecule has 0 saturated heterocycles. The number of anilines is 1. The van der Waals surface area contributed by atoms with Gasteiger partial charge in [0.15, 0.2) is 18.0 Å². The molecule has 214 valence electrons. The maximum absolute atomic E-state index is 12.8. The number of benzene rings is 1. The second kappa shape index (κ2) is 11.5. The van der Waals surface area contributed by atoms with Crippen molar-refractivity contribution < 1.29 is 28.9 Å². The van der Waals surface area contributed by atoms with Crippen LogP contribution in [0.4, 0.5) is 5.69 Å². The number of aliphatic hydroxyl groups is 1. The van der Waals surface area contributed by atoms with Crippen molar-refractivity contribution in [1.29, 1.82) is 0 Å². The van der Waals surface area contributed by atoms with Gasteiger partial charge in [0.25, 0.3) is 0 Å². The van der Waals surface area contributed by atoms with Crippen molar-refractivity contribution in [2.75, 3.05) is 31.7 Å². The van der Waals surface area contributed by atoms with Crippen LogP contribution in [0, 0.1) is 0 Å². The second-order valence-electron chi connectivity index (χ2n) is 11.2. The second-order valence-corrected chi connectivity index (χ2v) is 11.2. The average molecular weight is 551 g/mol. The molecule has 1 atom stereocenters. The van der Waals surface area contributed by atoms with E-state index >= 15 is 0 Å². The third-order valence-corrected chi connectivity index (χ3v) is 7.74. The number of aliphatic hydroxyl groups excluding tert-OH is 1. The van der Waals surface area contributed by atoms with Crippen LogP contribution in [0.15, 0.2) is 42.7 Å². The van der Waals surface area contributed by atoms with E-state index in [0.717, 1.165) is 42.6 Å². The summed E-state index contributed by atoms with van der Waals surface area (Å²) in [7, 11) is 0. The molecule has 3 N–H and O–H groups in total. The molecule has 0 unspecified atom stereocenters. The van der Waals surface area contributed by atoms with E-state index in [2.05, 4.69) is 29.5 Å². The Balaban J connectivity index is 1.18. The number of nitrogens with one attached hydrogen (secondary N) is 2. The number of β-amino-alcohol motifs (C(OH)–C–C–N with tert-alkyl or cyclic N) is 1. The van der Waals surface area contributed by atoms with Crippen LogP contribution in [0.2, 0.25) is 0 Å². The van der Waals surface area contributed by atoms with Gasteiger partial charge < -0.3 is 34.4 Å². The Morgan fingerprint density at radius 2 is 1.98 bits per heavy atom. The first kappa shape index (κ1) is 27.9. The molecule has 2 aliphatic rings. The van der Waals surface area contributed by atoms with Crippen LogP contribution in [0.1, 0.15) is 57.7 Å². The van der Waals surface area contributed by atoms with Crippen molar-refractivity contribution in [3.63, 3.8) is 0 Å². The summed E-state index contributed by atoms with van der Waals surface area (Å²) < 4.78 is 18.6. The maximum atomic E-state index is 12.8. The highest BCUT2D eigenvalue weighted by Gasteiger charge is 2.50. The number of ether oxygens (including phenoxy) is 3. The van der Waals surface area contributed by atoms with Crippen molar-refractivity contribution in [1.82, 2.24) is 14.7 Å². The Labute approximate surface area is 234 Å². The van der Waals surface area contributed by atoms with Crippen LogP contribution in [-0.4, -0.2) is 64.4 Å². The van der Waals surface area contributed by atoms with E-state index in [1.165, 1.54) is 0 Å². The molecule has 3 heterocycles. The summed E-state index contributed by atoms with van der Waals surface area (Å²) in [6, 6.07) is 9.30. The van der Waals surface area contributed by atoms with Crippen LogP contribution in [0.25, 0.3) is 5.65 Å². The predicted octanol–water partition coefficient (Wildman–Crippen LogP) is 3.39. The predicted molar refractivity (Wildman–Crippen MR) is 150 cm³/mol. The van der Waals surface area contributed by atoms with Crippen molar-refractivity contribution in [3.8, 4) is 11.5 Å². The molecule has 1 amide bonds. The standard InChI is InChI=1S/C30H38N4O6/c1-4-38-25(36)19-40-24-11-8-14-34-20(16-31-27(24)34)15-29(2,3)32-17-21(35)18-39-23-10-7-9-22-26(23)30(28(37)33-22)12-5-6-13-30/h7-11,14,16,21,32,35H,4-6,12-13,15,17-19H2,1-3H3,(H,33,37)/t21-/m0/s1. The lowest BCUT2D eigenvalue weighted by atomic mass is 9.79. The zero-order chi connectivity index (χ0) is 28.3. The number of amides is 1. The Bertz CT molecular complexity index is 1380. The van der Waals surface area contributed by atoms with Gasteiger partial charge in [-0.2, -0.15) is 0 Å². The van der Waals surface area contributed by atoms with E-state index in [0.29, 0.717) is 36.7 Å². The van der Waals surface area contributed by atoms with Gasteiger partial charge in [-0.3, -0.25) is 4.79 Å². The minimum atomic E-state index is -0.746. The first-order chi connectivity index (χ1) is 19.2. The zero-order valence-corrected chi connectivity index (χ0v) is 23.4. The van der Waals surface area contributed by atoms with E-state index < -0.39 is 17.5 Å². The van der Waals surface area contributed by atoms with Crippen LogP contribution in [0.3, 0.4) is 0 Å². The summed E-state index contributed by atoms with van der Waals surface area (Å²) >= 11 is 0. The minimum Gasteiger partial charge on any atom is -0.490 e. The summed E-state index contributed by atoms with van der Waals surface area (Å²) in [6.45, 7) is 6.44. The molecule has 3 aromatic rings. The highest BCUT2D eigenvalue weighted by atomic mass is 16.6.